The molecule has 0 aromatic carbocycles. The molecule has 1 aliphatic carbocycles. The van der Waals surface area contributed by atoms with E-state index < -0.39 is 6.10 Å². The van der Waals surface area contributed by atoms with Crippen molar-refractivity contribution in [1.82, 2.24) is 15.0 Å². The standard InChI is InChI=1S/C19H22N4OS/c1-11-5-6-14-15(8-11)25-19-16(14)18(21-9-12(2)24)22-17(23-19)13-4-3-7-20-10-13/h3-4,7,10-12,24H,5-6,8-9H2,1-2H3,(H,21,22,23)/t11-,12-/m0/s1. The highest BCUT2D eigenvalue weighted by Crippen LogP contribution is 2.40. The Balaban J connectivity index is 1.87. The van der Waals surface area contributed by atoms with E-state index in [9.17, 15) is 5.11 Å². The number of fused-ring (bicyclic) bond motifs is 3. The van der Waals surface area contributed by atoms with Gasteiger partial charge in [0.1, 0.15) is 10.6 Å². The van der Waals surface area contributed by atoms with E-state index in [0.29, 0.717) is 12.4 Å². The number of hydrogen-bond acceptors (Lipinski definition) is 6. The highest BCUT2D eigenvalue weighted by molar-refractivity contribution is 7.19. The predicted molar refractivity (Wildman–Crippen MR) is 102 cm³/mol. The zero-order valence-electron chi connectivity index (χ0n) is 14.5. The molecule has 6 heteroatoms. The van der Waals surface area contributed by atoms with E-state index in [4.69, 9.17) is 9.97 Å². The van der Waals surface area contributed by atoms with Crippen LogP contribution in [0.25, 0.3) is 21.6 Å². The summed E-state index contributed by atoms with van der Waals surface area (Å²) < 4.78 is 0. The summed E-state index contributed by atoms with van der Waals surface area (Å²) in [5.74, 6) is 2.23. The van der Waals surface area contributed by atoms with Crippen LogP contribution in [0.1, 0.15) is 30.7 Å². The number of hydrogen-bond donors (Lipinski definition) is 2. The van der Waals surface area contributed by atoms with Gasteiger partial charge in [0.2, 0.25) is 0 Å². The Morgan fingerprint density at radius 3 is 3.04 bits per heavy atom. The molecule has 3 aromatic heterocycles. The third kappa shape index (κ3) is 3.24. The Labute approximate surface area is 151 Å². The van der Waals surface area contributed by atoms with Gasteiger partial charge in [0.15, 0.2) is 5.82 Å². The molecule has 5 nitrogen and oxygen atoms in total. The van der Waals surface area contributed by atoms with Crippen molar-refractivity contribution in [3.8, 4) is 11.4 Å². The number of aryl methyl sites for hydroxylation is 1. The Morgan fingerprint density at radius 1 is 1.40 bits per heavy atom. The lowest BCUT2D eigenvalue weighted by Gasteiger charge is -2.18. The van der Waals surface area contributed by atoms with Gasteiger partial charge in [0.05, 0.1) is 11.5 Å². The van der Waals surface area contributed by atoms with Crippen molar-refractivity contribution in [3.05, 3.63) is 35.0 Å². The molecule has 130 valence electrons. The molecule has 0 radical (unpaired) electrons. The van der Waals surface area contributed by atoms with E-state index in [2.05, 4.69) is 17.2 Å². The van der Waals surface area contributed by atoms with Crippen molar-refractivity contribution in [1.29, 1.82) is 0 Å². The molecule has 3 heterocycles. The van der Waals surface area contributed by atoms with E-state index in [-0.39, 0.29) is 0 Å². The molecule has 3 aromatic rings. The number of nitrogens with one attached hydrogen (secondary N) is 1. The summed E-state index contributed by atoms with van der Waals surface area (Å²) in [6.45, 7) is 4.56. The number of aromatic nitrogens is 3. The fourth-order valence-corrected chi connectivity index (χ4v) is 4.72. The minimum absolute atomic E-state index is 0.429. The third-order valence-electron chi connectivity index (χ3n) is 4.64. The van der Waals surface area contributed by atoms with Crippen molar-refractivity contribution in [2.75, 3.05) is 11.9 Å². The summed E-state index contributed by atoms with van der Waals surface area (Å²) in [4.78, 5) is 16.3. The van der Waals surface area contributed by atoms with Crippen LogP contribution in [0.2, 0.25) is 0 Å². The minimum Gasteiger partial charge on any atom is -0.392 e. The number of aliphatic hydroxyl groups excluding tert-OH is 1. The van der Waals surface area contributed by atoms with Crippen molar-refractivity contribution < 1.29 is 5.11 Å². The van der Waals surface area contributed by atoms with Crippen molar-refractivity contribution in [2.24, 2.45) is 5.92 Å². The lowest BCUT2D eigenvalue weighted by molar-refractivity contribution is 0.208. The maximum atomic E-state index is 9.68. The number of pyridine rings is 1. The van der Waals surface area contributed by atoms with Gasteiger partial charge in [-0.2, -0.15) is 0 Å². The second-order valence-corrected chi connectivity index (χ2v) is 7.98. The molecular formula is C19H22N4OS. The number of aliphatic hydroxyl groups is 1. The summed E-state index contributed by atoms with van der Waals surface area (Å²) in [6.07, 6.45) is 6.51. The van der Waals surface area contributed by atoms with Crippen LogP contribution < -0.4 is 5.32 Å². The first kappa shape index (κ1) is 16.4. The second-order valence-electron chi connectivity index (χ2n) is 6.90. The molecule has 4 rings (SSSR count). The van der Waals surface area contributed by atoms with Crippen molar-refractivity contribution in [2.45, 2.75) is 39.2 Å². The molecule has 0 unspecified atom stereocenters. The Kier molecular flexibility index (Phi) is 4.39. The Hall–Kier alpha value is -2.05. The van der Waals surface area contributed by atoms with E-state index in [1.807, 2.05) is 12.1 Å². The lowest BCUT2D eigenvalue weighted by atomic mass is 9.89. The average molecular weight is 354 g/mol. The summed E-state index contributed by atoms with van der Waals surface area (Å²) in [6, 6.07) is 3.87. The van der Waals surface area contributed by atoms with Crippen LogP contribution >= 0.6 is 11.3 Å². The third-order valence-corrected chi connectivity index (χ3v) is 5.79. The molecule has 0 amide bonds. The monoisotopic (exact) mass is 354 g/mol. The minimum atomic E-state index is -0.429. The van der Waals surface area contributed by atoms with Crippen LogP contribution in [-0.2, 0) is 12.8 Å². The van der Waals surface area contributed by atoms with Gasteiger partial charge in [-0.15, -0.1) is 11.3 Å². The van der Waals surface area contributed by atoms with Gasteiger partial charge in [0.25, 0.3) is 0 Å². The van der Waals surface area contributed by atoms with Crippen LogP contribution in [0.4, 0.5) is 5.82 Å². The molecule has 0 bridgehead atoms. The maximum Gasteiger partial charge on any atom is 0.164 e. The zero-order valence-corrected chi connectivity index (χ0v) is 15.3. The first-order valence-electron chi connectivity index (χ1n) is 8.76. The highest BCUT2D eigenvalue weighted by atomic mass is 32.1. The van der Waals surface area contributed by atoms with Crippen molar-refractivity contribution in [3.63, 3.8) is 0 Å². The quantitative estimate of drug-likeness (QED) is 0.748. The van der Waals surface area contributed by atoms with Gasteiger partial charge < -0.3 is 10.4 Å². The Morgan fingerprint density at radius 2 is 2.28 bits per heavy atom. The van der Waals surface area contributed by atoms with Gasteiger partial charge in [-0.1, -0.05) is 6.92 Å². The maximum absolute atomic E-state index is 9.68. The van der Waals surface area contributed by atoms with E-state index in [1.54, 1.807) is 30.7 Å². The second kappa shape index (κ2) is 6.69. The molecule has 2 N–H and O–H groups in total. The molecule has 0 spiro atoms. The first-order valence-corrected chi connectivity index (χ1v) is 9.58. The van der Waals surface area contributed by atoms with E-state index in [1.165, 1.54) is 16.9 Å². The van der Waals surface area contributed by atoms with Crippen LogP contribution in [0.5, 0.6) is 0 Å². The van der Waals surface area contributed by atoms with Gasteiger partial charge in [-0.05, 0) is 49.8 Å². The molecule has 0 fully saturated rings. The molecule has 2 atom stereocenters. The Bertz CT molecular complexity index is 891. The molecular weight excluding hydrogens is 332 g/mol. The smallest absolute Gasteiger partial charge is 0.164 e. The van der Waals surface area contributed by atoms with E-state index in [0.717, 1.165) is 40.4 Å². The fourth-order valence-electron chi connectivity index (χ4n) is 3.34. The SMILES string of the molecule is C[C@H]1CCc2c(sc3nc(-c4cccnc4)nc(NC[C@H](C)O)c23)C1. The number of thiophene rings is 1. The van der Waals surface area contributed by atoms with Gasteiger partial charge in [-0.3, -0.25) is 4.98 Å². The molecule has 1 aliphatic rings. The largest absolute Gasteiger partial charge is 0.392 e. The topological polar surface area (TPSA) is 70.9 Å². The fraction of sp³-hybridized carbons (Fsp3) is 0.421. The zero-order chi connectivity index (χ0) is 17.4. The van der Waals surface area contributed by atoms with Crippen LogP contribution in [0.15, 0.2) is 24.5 Å². The number of rotatable bonds is 4. The summed E-state index contributed by atoms with van der Waals surface area (Å²) in [7, 11) is 0. The summed E-state index contributed by atoms with van der Waals surface area (Å²) in [5, 5.41) is 14.2. The van der Waals surface area contributed by atoms with Gasteiger partial charge in [-0.25, -0.2) is 9.97 Å². The number of nitrogens with zero attached hydrogens (tertiary/aromatic N) is 3. The van der Waals surface area contributed by atoms with Gasteiger partial charge in [0, 0.05) is 29.4 Å². The normalized spacial score (nSPS) is 18.1. The van der Waals surface area contributed by atoms with Crippen LogP contribution in [0, 0.1) is 5.92 Å². The lowest BCUT2D eigenvalue weighted by Crippen LogP contribution is -2.17. The molecule has 0 aliphatic heterocycles. The molecule has 0 saturated heterocycles. The average Bonchev–Trinajstić information content (AvgIpc) is 2.97. The first-order chi connectivity index (χ1) is 12.1. The van der Waals surface area contributed by atoms with E-state index >= 15 is 0 Å². The molecule has 25 heavy (non-hydrogen) atoms. The van der Waals surface area contributed by atoms with Crippen LogP contribution in [-0.4, -0.2) is 32.7 Å². The molecule has 0 saturated carbocycles. The predicted octanol–water partition coefficient (Wildman–Crippen LogP) is 3.67. The van der Waals surface area contributed by atoms with Crippen LogP contribution in [0.3, 0.4) is 0 Å². The van der Waals surface area contributed by atoms with Gasteiger partial charge >= 0.3 is 0 Å². The summed E-state index contributed by atoms with van der Waals surface area (Å²) in [5.41, 5.74) is 2.30. The number of anilines is 1. The summed E-state index contributed by atoms with van der Waals surface area (Å²) >= 11 is 1.79. The highest BCUT2D eigenvalue weighted by Gasteiger charge is 2.24. The van der Waals surface area contributed by atoms with Crippen molar-refractivity contribution >= 4 is 27.4 Å².